The van der Waals surface area contributed by atoms with Crippen LogP contribution in [-0.2, 0) is 6.61 Å². The fourth-order valence-corrected chi connectivity index (χ4v) is 3.94. The molecule has 4 rings (SSSR count). The zero-order valence-corrected chi connectivity index (χ0v) is 17.2. The molecule has 1 fully saturated rings. The molecule has 152 valence electrons. The lowest BCUT2D eigenvalue weighted by Crippen LogP contribution is -2.35. The van der Waals surface area contributed by atoms with Gasteiger partial charge in [0.2, 0.25) is 0 Å². The normalized spacial score (nSPS) is 15.4. The average Bonchev–Trinajstić information content (AvgIpc) is 2.91. The number of benzene rings is 2. The van der Waals surface area contributed by atoms with Crippen molar-refractivity contribution < 1.29 is 13.9 Å². The van der Waals surface area contributed by atoms with Gasteiger partial charge in [-0.1, -0.05) is 37.3 Å². The van der Waals surface area contributed by atoms with E-state index in [1.807, 2.05) is 60.4 Å². The van der Waals surface area contributed by atoms with Gasteiger partial charge in [-0.25, -0.2) is 0 Å². The number of ether oxygens (including phenoxy) is 1. The van der Waals surface area contributed by atoms with E-state index in [0.29, 0.717) is 17.9 Å². The van der Waals surface area contributed by atoms with Gasteiger partial charge >= 0.3 is 0 Å². The van der Waals surface area contributed by atoms with Gasteiger partial charge in [0.25, 0.3) is 5.91 Å². The third-order valence-electron chi connectivity index (χ3n) is 5.62. The Morgan fingerprint density at radius 1 is 1.07 bits per heavy atom. The first-order chi connectivity index (χ1) is 14.2. The van der Waals surface area contributed by atoms with Crippen LogP contribution in [0.1, 0.15) is 35.0 Å². The van der Waals surface area contributed by atoms with E-state index >= 15 is 0 Å². The minimum absolute atomic E-state index is 0.0550. The van der Waals surface area contributed by atoms with Crippen LogP contribution in [-0.4, -0.2) is 48.4 Å². The molecule has 0 spiro atoms. The maximum absolute atomic E-state index is 13.3. The second kappa shape index (κ2) is 8.70. The predicted molar refractivity (Wildman–Crippen MR) is 114 cm³/mol. The number of amides is 1. The first kappa shape index (κ1) is 19.5. The van der Waals surface area contributed by atoms with E-state index in [4.69, 9.17) is 9.15 Å². The maximum Gasteiger partial charge on any atom is 0.258 e. The number of nitrogens with zero attached hydrogens (tertiary/aromatic N) is 2. The number of aryl methyl sites for hydroxylation is 1. The summed E-state index contributed by atoms with van der Waals surface area (Å²) in [5.41, 5.74) is 2.50. The minimum atomic E-state index is 0.0550. The molecule has 0 aliphatic carbocycles. The maximum atomic E-state index is 13.3. The van der Waals surface area contributed by atoms with Gasteiger partial charge in [0, 0.05) is 25.0 Å². The number of likely N-dealkylation sites (N-methyl/N-ethyl adjacent to an activating group) is 1. The van der Waals surface area contributed by atoms with Crippen LogP contribution in [0.2, 0.25) is 0 Å². The lowest BCUT2D eigenvalue weighted by molar-refractivity contribution is 0.0761. The van der Waals surface area contributed by atoms with Crippen molar-refractivity contribution in [2.24, 2.45) is 0 Å². The fraction of sp³-hybridized carbons (Fsp3) is 0.375. The Bertz CT molecular complexity index is 980. The van der Waals surface area contributed by atoms with E-state index < -0.39 is 0 Å². The molecule has 0 radical (unpaired) electrons. The highest BCUT2D eigenvalue weighted by Crippen LogP contribution is 2.30. The lowest BCUT2D eigenvalue weighted by atomic mass is 10.1. The molecule has 0 atom stereocenters. The molecular formula is C24H28N2O3. The van der Waals surface area contributed by atoms with Crippen LogP contribution in [0.5, 0.6) is 5.75 Å². The molecule has 0 unspecified atom stereocenters. The Labute approximate surface area is 171 Å². The highest BCUT2D eigenvalue weighted by Gasteiger charge is 2.25. The van der Waals surface area contributed by atoms with Crippen LogP contribution >= 0.6 is 0 Å². The summed E-state index contributed by atoms with van der Waals surface area (Å²) < 4.78 is 11.9. The van der Waals surface area contributed by atoms with Crippen molar-refractivity contribution in [3.63, 3.8) is 0 Å². The molecule has 0 saturated carbocycles. The molecule has 2 heterocycles. The molecule has 0 bridgehead atoms. The van der Waals surface area contributed by atoms with Gasteiger partial charge in [-0.05, 0) is 50.2 Å². The number of carbonyl (C=O) groups is 1. The third kappa shape index (κ3) is 4.30. The van der Waals surface area contributed by atoms with Gasteiger partial charge < -0.3 is 19.0 Å². The van der Waals surface area contributed by atoms with Gasteiger partial charge in [-0.2, -0.15) is 0 Å². The van der Waals surface area contributed by atoms with Gasteiger partial charge in [-0.15, -0.1) is 0 Å². The highest BCUT2D eigenvalue weighted by atomic mass is 16.5. The molecular weight excluding hydrogens is 364 g/mol. The van der Waals surface area contributed by atoms with E-state index in [1.54, 1.807) is 0 Å². The summed E-state index contributed by atoms with van der Waals surface area (Å²) in [5, 5.41) is 0.828. The summed E-state index contributed by atoms with van der Waals surface area (Å²) in [6.45, 7) is 9.05. The van der Waals surface area contributed by atoms with Gasteiger partial charge in [0.15, 0.2) is 0 Å². The Kier molecular flexibility index (Phi) is 5.86. The Hall–Kier alpha value is -2.79. The molecule has 1 amide bonds. The van der Waals surface area contributed by atoms with Gasteiger partial charge in [-0.3, -0.25) is 4.79 Å². The standard InChI is InChI=1S/C24H28N2O3/c1-3-25-12-7-13-26(15-14-25)24(27)23-18(2)29-22-11-10-20(16-21(22)23)28-17-19-8-5-4-6-9-19/h4-6,8-11,16H,3,7,12-15,17H2,1-2H3. The summed E-state index contributed by atoms with van der Waals surface area (Å²) in [6, 6.07) is 15.8. The van der Waals surface area contributed by atoms with Crippen molar-refractivity contribution >= 4 is 16.9 Å². The molecule has 29 heavy (non-hydrogen) atoms. The molecule has 5 heteroatoms. The minimum Gasteiger partial charge on any atom is -0.489 e. The number of carbonyl (C=O) groups excluding carboxylic acids is 1. The van der Waals surface area contributed by atoms with Crippen LogP contribution in [0.3, 0.4) is 0 Å². The van der Waals surface area contributed by atoms with Gasteiger partial charge in [0.05, 0.1) is 5.56 Å². The summed E-state index contributed by atoms with van der Waals surface area (Å²) in [5.74, 6) is 1.46. The number of rotatable bonds is 5. The zero-order chi connectivity index (χ0) is 20.2. The summed E-state index contributed by atoms with van der Waals surface area (Å²) in [4.78, 5) is 17.7. The van der Waals surface area contributed by atoms with E-state index in [-0.39, 0.29) is 5.91 Å². The number of hydrogen-bond acceptors (Lipinski definition) is 4. The van der Waals surface area contributed by atoms with Crippen LogP contribution in [0.25, 0.3) is 11.0 Å². The van der Waals surface area contributed by atoms with Crippen molar-refractivity contribution in [2.45, 2.75) is 26.9 Å². The van der Waals surface area contributed by atoms with E-state index in [1.165, 1.54) is 0 Å². The van der Waals surface area contributed by atoms with Crippen LogP contribution in [0.4, 0.5) is 0 Å². The predicted octanol–water partition coefficient (Wildman–Crippen LogP) is 4.49. The molecule has 0 N–H and O–H groups in total. The number of furan rings is 1. The van der Waals surface area contributed by atoms with Crippen LogP contribution in [0, 0.1) is 6.92 Å². The number of hydrogen-bond donors (Lipinski definition) is 0. The topological polar surface area (TPSA) is 45.9 Å². The molecule has 3 aromatic rings. The van der Waals surface area contributed by atoms with E-state index in [2.05, 4.69) is 11.8 Å². The summed E-state index contributed by atoms with van der Waals surface area (Å²) >= 11 is 0. The lowest BCUT2D eigenvalue weighted by Gasteiger charge is -2.21. The van der Waals surface area contributed by atoms with Crippen LogP contribution < -0.4 is 4.74 Å². The second-order valence-electron chi connectivity index (χ2n) is 7.55. The second-order valence-corrected chi connectivity index (χ2v) is 7.55. The monoisotopic (exact) mass is 392 g/mol. The quantitative estimate of drug-likeness (QED) is 0.642. The molecule has 2 aromatic carbocycles. The first-order valence-corrected chi connectivity index (χ1v) is 10.4. The fourth-order valence-electron chi connectivity index (χ4n) is 3.94. The largest absolute Gasteiger partial charge is 0.489 e. The van der Waals surface area contributed by atoms with Crippen molar-refractivity contribution in [1.29, 1.82) is 0 Å². The zero-order valence-electron chi connectivity index (χ0n) is 17.2. The molecule has 5 nitrogen and oxygen atoms in total. The SMILES string of the molecule is CCN1CCCN(C(=O)c2c(C)oc3ccc(OCc4ccccc4)cc23)CC1. The molecule has 1 saturated heterocycles. The van der Waals surface area contributed by atoms with Crippen LogP contribution in [0.15, 0.2) is 52.9 Å². The van der Waals surface area contributed by atoms with Gasteiger partial charge in [0.1, 0.15) is 23.7 Å². The van der Waals surface area contributed by atoms with E-state index in [9.17, 15) is 4.79 Å². The Morgan fingerprint density at radius 3 is 2.69 bits per heavy atom. The first-order valence-electron chi connectivity index (χ1n) is 10.4. The number of fused-ring (bicyclic) bond motifs is 1. The van der Waals surface area contributed by atoms with Crippen molar-refractivity contribution in [3.8, 4) is 5.75 Å². The molecule has 1 aliphatic heterocycles. The smallest absolute Gasteiger partial charge is 0.258 e. The highest BCUT2D eigenvalue weighted by molar-refractivity contribution is 6.07. The van der Waals surface area contributed by atoms with E-state index in [0.717, 1.165) is 61.4 Å². The van der Waals surface area contributed by atoms with Crippen molar-refractivity contribution in [2.75, 3.05) is 32.7 Å². The van der Waals surface area contributed by atoms with Crippen molar-refractivity contribution in [3.05, 3.63) is 65.4 Å². The summed E-state index contributed by atoms with van der Waals surface area (Å²) in [6.07, 6.45) is 1.000. The Morgan fingerprint density at radius 2 is 1.90 bits per heavy atom. The average molecular weight is 392 g/mol. The molecule has 1 aromatic heterocycles. The molecule has 1 aliphatic rings. The third-order valence-corrected chi connectivity index (χ3v) is 5.62. The summed E-state index contributed by atoms with van der Waals surface area (Å²) in [7, 11) is 0. The van der Waals surface area contributed by atoms with Crippen molar-refractivity contribution in [1.82, 2.24) is 9.80 Å². The Balaban J connectivity index is 1.57.